The van der Waals surface area contributed by atoms with Crippen molar-refractivity contribution < 1.29 is 9.53 Å². The van der Waals surface area contributed by atoms with Gasteiger partial charge in [-0.3, -0.25) is 9.69 Å². The molecule has 0 radical (unpaired) electrons. The van der Waals surface area contributed by atoms with Gasteiger partial charge < -0.3 is 9.64 Å². The minimum Gasteiger partial charge on any atom is -0.375 e. The minimum absolute atomic E-state index is 0.237. The fraction of sp³-hybridized carbons (Fsp3) is 0.824. The summed E-state index contributed by atoms with van der Waals surface area (Å²) >= 11 is 0. The van der Waals surface area contributed by atoms with Crippen LogP contribution >= 0.6 is 0 Å². The number of carbonyl (C=O) groups excluding carboxylic acids is 1. The second-order valence-electron chi connectivity index (χ2n) is 6.80. The van der Waals surface area contributed by atoms with E-state index < -0.39 is 0 Å². The van der Waals surface area contributed by atoms with E-state index in [0.29, 0.717) is 19.8 Å². The van der Waals surface area contributed by atoms with Gasteiger partial charge in [0.25, 0.3) is 0 Å². The number of hydrogen-bond donors (Lipinski definition) is 0. The number of carbonyl (C=O) groups is 1. The molecule has 2 fully saturated rings. The Bertz CT molecular complexity index is 525. The van der Waals surface area contributed by atoms with E-state index in [1.54, 1.807) is 0 Å². The van der Waals surface area contributed by atoms with Crippen molar-refractivity contribution in [1.82, 2.24) is 24.8 Å². The van der Waals surface area contributed by atoms with Crippen molar-refractivity contribution in [3.63, 3.8) is 0 Å². The van der Waals surface area contributed by atoms with Gasteiger partial charge in [0.1, 0.15) is 5.69 Å². The molecule has 1 aromatic heterocycles. The maximum Gasteiger partial charge on any atom is 0.236 e. The number of ether oxygens (including phenoxy) is 1. The lowest BCUT2D eigenvalue weighted by molar-refractivity contribution is -0.131. The van der Waals surface area contributed by atoms with Crippen molar-refractivity contribution in [1.29, 1.82) is 0 Å². The average molecular weight is 335 g/mol. The first-order valence-corrected chi connectivity index (χ1v) is 9.25. The summed E-state index contributed by atoms with van der Waals surface area (Å²) in [6, 6.07) is 0.237. The molecule has 0 aromatic carbocycles. The van der Waals surface area contributed by atoms with Crippen LogP contribution in [0.3, 0.4) is 0 Å². The summed E-state index contributed by atoms with van der Waals surface area (Å²) in [5, 5.41) is 8.36. The molecule has 1 unspecified atom stereocenters. The standard InChI is InChI=1S/C17H29N5O2/c1-2-24-14-15-11-22(19-18-15)16-7-10-21(12-16)17(23)13-20-8-5-3-4-6-9-20/h11,16H,2-10,12-14H2,1H3. The number of aromatic nitrogens is 3. The summed E-state index contributed by atoms with van der Waals surface area (Å²) in [6.45, 7) is 7.40. The highest BCUT2D eigenvalue weighted by Gasteiger charge is 2.29. The maximum absolute atomic E-state index is 12.6. The van der Waals surface area contributed by atoms with Crippen LogP contribution in [0.1, 0.15) is 50.8 Å². The molecule has 24 heavy (non-hydrogen) atoms. The first-order chi connectivity index (χ1) is 11.8. The van der Waals surface area contributed by atoms with Crippen LogP contribution in [-0.4, -0.2) is 70.0 Å². The number of hydrogen-bond acceptors (Lipinski definition) is 5. The van der Waals surface area contributed by atoms with Crippen LogP contribution in [0.25, 0.3) is 0 Å². The summed E-state index contributed by atoms with van der Waals surface area (Å²) in [6.07, 6.45) is 7.93. The van der Waals surface area contributed by atoms with Crippen LogP contribution in [0.4, 0.5) is 0 Å². The summed E-state index contributed by atoms with van der Waals surface area (Å²) < 4.78 is 7.26. The van der Waals surface area contributed by atoms with Gasteiger partial charge in [0.2, 0.25) is 5.91 Å². The Morgan fingerprint density at radius 2 is 2.04 bits per heavy atom. The highest BCUT2D eigenvalue weighted by Crippen LogP contribution is 2.21. The molecule has 7 heteroatoms. The van der Waals surface area contributed by atoms with Crippen LogP contribution in [0.15, 0.2) is 6.20 Å². The lowest BCUT2D eigenvalue weighted by atomic mass is 10.2. The number of amides is 1. The van der Waals surface area contributed by atoms with Crippen molar-refractivity contribution in [3.05, 3.63) is 11.9 Å². The molecule has 0 saturated carbocycles. The zero-order chi connectivity index (χ0) is 16.8. The average Bonchev–Trinajstić information content (AvgIpc) is 3.18. The van der Waals surface area contributed by atoms with Crippen molar-refractivity contribution in [2.45, 2.75) is 51.7 Å². The smallest absolute Gasteiger partial charge is 0.236 e. The number of rotatable bonds is 6. The van der Waals surface area contributed by atoms with Crippen molar-refractivity contribution in [2.75, 3.05) is 39.3 Å². The molecule has 2 aliphatic rings. The summed E-state index contributed by atoms with van der Waals surface area (Å²) in [5.41, 5.74) is 0.853. The third kappa shape index (κ3) is 4.54. The molecule has 0 spiro atoms. The lowest BCUT2D eigenvalue weighted by Crippen LogP contribution is -2.39. The van der Waals surface area contributed by atoms with Crippen LogP contribution in [0.2, 0.25) is 0 Å². The van der Waals surface area contributed by atoms with E-state index in [2.05, 4.69) is 15.2 Å². The third-order valence-electron chi connectivity index (χ3n) is 4.96. The zero-order valence-corrected chi connectivity index (χ0v) is 14.7. The van der Waals surface area contributed by atoms with Gasteiger partial charge in [0.15, 0.2) is 0 Å². The van der Waals surface area contributed by atoms with Crippen molar-refractivity contribution in [3.8, 4) is 0 Å². The molecule has 7 nitrogen and oxygen atoms in total. The largest absolute Gasteiger partial charge is 0.375 e. The quantitative estimate of drug-likeness (QED) is 0.788. The molecule has 0 N–H and O–H groups in total. The SMILES string of the molecule is CCOCc1cn(C2CCN(C(=O)CN3CCCCCC3)C2)nn1. The highest BCUT2D eigenvalue weighted by molar-refractivity contribution is 5.78. The van der Waals surface area contributed by atoms with Gasteiger partial charge in [-0.05, 0) is 39.3 Å². The monoisotopic (exact) mass is 335 g/mol. The van der Waals surface area contributed by atoms with Gasteiger partial charge in [-0.1, -0.05) is 18.1 Å². The lowest BCUT2D eigenvalue weighted by Gasteiger charge is -2.23. The van der Waals surface area contributed by atoms with Gasteiger partial charge in [-0.2, -0.15) is 0 Å². The molecule has 2 aliphatic heterocycles. The first kappa shape index (κ1) is 17.4. The van der Waals surface area contributed by atoms with E-state index >= 15 is 0 Å². The Balaban J connectivity index is 1.49. The molecular weight excluding hydrogens is 306 g/mol. The van der Waals surface area contributed by atoms with Gasteiger partial charge in [-0.25, -0.2) is 4.68 Å². The van der Waals surface area contributed by atoms with Gasteiger partial charge >= 0.3 is 0 Å². The molecule has 1 atom stereocenters. The first-order valence-electron chi connectivity index (χ1n) is 9.25. The van der Waals surface area contributed by atoms with E-state index in [-0.39, 0.29) is 11.9 Å². The van der Waals surface area contributed by atoms with Crippen LogP contribution in [0.5, 0.6) is 0 Å². The topological polar surface area (TPSA) is 63.5 Å². The fourth-order valence-electron chi connectivity index (χ4n) is 3.53. The summed E-state index contributed by atoms with van der Waals surface area (Å²) in [4.78, 5) is 16.9. The van der Waals surface area contributed by atoms with Gasteiger partial charge in [0, 0.05) is 19.7 Å². The second-order valence-corrected chi connectivity index (χ2v) is 6.80. The van der Waals surface area contributed by atoms with Crippen LogP contribution < -0.4 is 0 Å². The van der Waals surface area contributed by atoms with Crippen LogP contribution in [-0.2, 0) is 16.1 Å². The molecule has 1 aromatic rings. The summed E-state index contributed by atoms with van der Waals surface area (Å²) in [5.74, 6) is 0.258. The van der Waals surface area contributed by atoms with E-state index in [1.807, 2.05) is 22.7 Å². The van der Waals surface area contributed by atoms with Crippen molar-refractivity contribution in [2.24, 2.45) is 0 Å². The fourth-order valence-corrected chi connectivity index (χ4v) is 3.53. The molecule has 1 amide bonds. The molecule has 0 aliphatic carbocycles. The number of likely N-dealkylation sites (tertiary alicyclic amines) is 2. The van der Waals surface area contributed by atoms with E-state index in [4.69, 9.17) is 4.74 Å². The normalized spacial score (nSPS) is 22.7. The Hall–Kier alpha value is -1.47. The summed E-state index contributed by atoms with van der Waals surface area (Å²) in [7, 11) is 0. The Morgan fingerprint density at radius 1 is 1.25 bits per heavy atom. The van der Waals surface area contributed by atoms with Gasteiger partial charge in [-0.15, -0.1) is 5.10 Å². The zero-order valence-electron chi connectivity index (χ0n) is 14.7. The predicted molar refractivity (Wildman–Crippen MR) is 90.5 cm³/mol. The second kappa shape index (κ2) is 8.58. The molecule has 0 bridgehead atoms. The molecule has 134 valence electrons. The number of nitrogens with zero attached hydrogens (tertiary/aromatic N) is 5. The van der Waals surface area contributed by atoms with E-state index in [0.717, 1.165) is 38.3 Å². The van der Waals surface area contributed by atoms with Crippen LogP contribution in [0, 0.1) is 0 Å². The van der Waals surface area contributed by atoms with E-state index in [9.17, 15) is 4.79 Å². The Labute approximate surface area is 143 Å². The maximum atomic E-state index is 12.6. The van der Waals surface area contributed by atoms with E-state index in [1.165, 1.54) is 25.7 Å². The predicted octanol–water partition coefficient (Wildman–Crippen LogP) is 1.46. The third-order valence-corrected chi connectivity index (χ3v) is 4.96. The Morgan fingerprint density at radius 3 is 2.79 bits per heavy atom. The minimum atomic E-state index is 0.237. The molecule has 2 saturated heterocycles. The molecule has 3 rings (SSSR count). The molecule has 3 heterocycles. The Kier molecular flexibility index (Phi) is 6.20. The highest BCUT2D eigenvalue weighted by atomic mass is 16.5. The van der Waals surface area contributed by atoms with Crippen molar-refractivity contribution >= 4 is 5.91 Å². The van der Waals surface area contributed by atoms with Gasteiger partial charge in [0.05, 0.1) is 25.4 Å². The molecular formula is C17H29N5O2.